The van der Waals surface area contributed by atoms with Crippen LogP contribution in [0.15, 0.2) is 0 Å². The van der Waals surface area contributed by atoms with E-state index in [9.17, 15) is 34.8 Å². The van der Waals surface area contributed by atoms with Crippen LogP contribution in [0.25, 0.3) is 0 Å². The number of sulfone groups is 1. The molecule has 0 spiro atoms. The molecule has 2 atom stereocenters. The van der Waals surface area contributed by atoms with Crippen molar-refractivity contribution in [2.45, 2.75) is 29.4 Å². The fraction of sp³-hybridized carbons (Fsp3) is 1.00. The molecule has 0 aromatic rings. The van der Waals surface area contributed by atoms with E-state index in [4.69, 9.17) is 0 Å². The summed E-state index contributed by atoms with van der Waals surface area (Å²) in [4.78, 5) is -1.09. The third-order valence-corrected chi connectivity index (χ3v) is 5.19. The average Bonchev–Trinajstić information content (AvgIpc) is 2.31. The van der Waals surface area contributed by atoms with Crippen LogP contribution in [0.1, 0.15) is 0 Å². The largest absolute Gasteiger partial charge is 0.423 e. The first-order valence-electron chi connectivity index (χ1n) is 4.46. The third kappa shape index (κ3) is 3.98. The maximum absolute atomic E-state index is 12.2. The number of alkyl halides is 7. The van der Waals surface area contributed by atoms with Gasteiger partial charge in [0.1, 0.15) is 0 Å². The molecule has 0 radical (unpaired) electrons. The zero-order valence-corrected chi connectivity index (χ0v) is 10.8. The summed E-state index contributed by atoms with van der Waals surface area (Å²) < 4.78 is 99.1. The summed E-state index contributed by atoms with van der Waals surface area (Å²) in [5.41, 5.74) is 0. The molecule has 108 valence electrons. The summed E-state index contributed by atoms with van der Waals surface area (Å²) in [6.07, 6.45) is -16.9. The molecule has 0 amide bonds. The highest BCUT2D eigenvalue weighted by molar-refractivity contribution is 9.09. The van der Waals surface area contributed by atoms with E-state index in [0.29, 0.717) is 0 Å². The number of hydrogen-bond donors (Lipinski definition) is 0. The normalized spacial score (nSPS) is 28.9. The standard InChI is InChI=1S/C7H7BrF6O3S/c8-3-1-18(15,16)2-4(3)17-5(6(9,10)11)7(12,13)14/h3-5H,1-2H2. The molecule has 2 unspecified atom stereocenters. The van der Waals surface area contributed by atoms with E-state index in [2.05, 4.69) is 20.7 Å². The van der Waals surface area contributed by atoms with E-state index in [1.165, 1.54) is 0 Å². The summed E-state index contributed by atoms with van der Waals surface area (Å²) in [6.45, 7) is 0. The van der Waals surface area contributed by atoms with Gasteiger partial charge in [-0.25, -0.2) is 8.42 Å². The van der Waals surface area contributed by atoms with Gasteiger partial charge in [-0.3, -0.25) is 0 Å². The van der Waals surface area contributed by atoms with Gasteiger partial charge in [-0.1, -0.05) is 15.9 Å². The van der Waals surface area contributed by atoms with Gasteiger partial charge >= 0.3 is 12.4 Å². The Kier molecular flexibility index (Phi) is 4.29. The number of hydrogen-bond acceptors (Lipinski definition) is 3. The molecule has 0 N–H and O–H groups in total. The minimum absolute atomic E-state index is 0.555. The summed E-state index contributed by atoms with van der Waals surface area (Å²) >= 11 is 2.70. The fourth-order valence-corrected chi connectivity index (χ4v) is 4.83. The molecule has 0 bridgehead atoms. The van der Waals surface area contributed by atoms with E-state index < -0.39 is 50.7 Å². The zero-order valence-electron chi connectivity index (χ0n) is 8.43. The molecular weight excluding hydrogens is 358 g/mol. The predicted octanol–water partition coefficient (Wildman–Crippen LogP) is 2.06. The predicted molar refractivity (Wildman–Crippen MR) is 52.1 cm³/mol. The van der Waals surface area contributed by atoms with Crippen LogP contribution < -0.4 is 0 Å². The zero-order chi connectivity index (χ0) is 14.4. The van der Waals surface area contributed by atoms with Crippen molar-refractivity contribution in [3.8, 4) is 0 Å². The second-order valence-electron chi connectivity index (χ2n) is 3.73. The van der Waals surface area contributed by atoms with Crippen molar-refractivity contribution in [1.82, 2.24) is 0 Å². The van der Waals surface area contributed by atoms with Gasteiger partial charge in [0.15, 0.2) is 9.84 Å². The second kappa shape index (κ2) is 4.82. The first kappa shape index (κ1) is 16.0. The van der Waals surface area contributed by atoms with Crippen LogP contribution in [0.2, 0.25) is 0 Å². The smallest absolute Gasteiger partial charge is 0.355 e. The lowest BCUT2D eigenvalue weighted by molar-refractivity contribution is -0.328. The molecule has 18 heavy (non-hydrogen) atoms. The Morgan fingerprint density at radius 3 is 1.78 bits per heavy atom. The van der Waals surface area contributed by atoms with Gasteiger partial charge < -0.3 is 4.74 Å². The molecule has 11 heteroatoms. The van der Waals surface area contributed by atoms with Crippen molar-refractivity contribution in [2.24, 2.45) is 0 Å². The van der Waals surface area contributed by atoms with Crippen molar-refractivity contribution in [2.75, 3.05) is 11.5 Å². The van der Waals surface area contributed by atoms with Gasteiger partial charge in [0, 0.05) is 0 Å². The van der Waals surface area contributed by atoms with E-state index in [0.717, 1.165) is 0 Å². The van der Waals surface area contributed by atoms with Gasteiger partial charge in [0.25, 0.3) is 0 Å². The van der Waals surface area contributed by atoms with Crippen LogP contribution in [0.5, 0.6) is 0 Å². The van der Waals surface area contributed by atoms with Gasteiger partial charge in [0.2, 0.25) is 6.10 Å². The molecule has 1 rings (SSSR count). The van der Waals surface area contributed by atoms with Crippen LogP contribution >= 0.6 is 15.9 Å². The van der Waals surface area contributed by atoms with Crippen molar-refractivity contribution < 1.29 is 39.5 Å². The highest BCUT2D eigenvalue weighted by Gasteiger charge is 2.59. The van der Waals surface area contributed by atoms with Crippen LogP contribution in [0.3, 0.4) is 0 Å². The molecule has 1 aliphatic heterocycles. The van der Waals surface area contributed by atoms with Gasteiger partial charge in [-0.2, -0.15) is 26.3 Å². The Balaban J connectivity index is 2.87. The quantitative estimate of drug-likeness (QED) is 0.556. The Labute approximate surface area is 107 Å². The molecule has 0 aromatic heterocycles. The van der Waals surface area contributed by atoms with Gasteiger partial charge in [0.05, 0.1) is 22.4 Å². The lowest BCUT2D eigenvalue weighted by Crippen LogP contribution is -2.47. The van der Waals surface area contributed by atoms with Crippen LogP contribution in [-0.4, -0.2) is 49.3 Å². The molecule has 1 aliphatic rings. The monoisotopic (exact) mass is 364 g/mol. The average molecular weight is 365 g/mol. The molecule has 1 fully saturated rings. The number of ether oxygens (including phenoxy) is 1. The first-order chi connectivity index (χ1) is 7.83. The van der Waals surface area contributed by atoms with Crippen LogP contribution in [0, 0.1) is 0 Å². The Hall–Kier alpha value is -0.0300. The summed E-state index contributed by atoms with van der Waals surface area (Å²) in [5.74, 6) is -1.42. The van der Waals surface area contributed by atoms with Gasteiger partial charge in [-0.15, -0.1) is 0 Å². The fourth-order valence-electron chi connectivity index (χ4n) is 1.41. The maximum Gasteiger partial charge on any atom is 0.423 e. The topological polar surface area (TPSA) is 43.4 Å². The van der Waals surface area contributed by atoms with Crippen LogP contribution in [0.4, 0.5) is 26.3 Å². The van der Waals surface area contributed by atoms with Crippen LogP contribution in [-0.2, 0) is 14.6 Å². The SMILES string of the molecule is O=S1(=O)CC(Br)C(OC(C(F)(F)F)C(F)(F)F)C1. The van der Waals surface area contributed by atoms with Crippen molar-refractivity contribution in [3.63, 3.8) is 0 Å². The summed E-state index contributed by atoms with van der Waals surface area (Å²) in [6, 6.07) is 0. The van der Waals surface area contributed by atoms with E-state index in [-0.39, 0.29) is 0 Å². The summed E-state index contributed by atoms with van der Waals surface area (Å²) in [7, 11) is -3.69. The minimum Gasteiger partial charge on any atom is -0.355 e. The lowest BCUT2D eigenvalue weighted by Gasteiger charge is -2.26. The Morgan fingerprint density at radius 2 is 1.50 bits per heavy atom. The molecular formula is C7H7BrF6O3S. The van der Waals surface area contributed by atoms with Crippen molar-refractivity contribution >= 4 is 25.8 Å². The first-order valence-corrected chi connectivity index (χ1v) is 7.20. The van der Waals surface area contributed by atoms with Crippen molar-refractivity contribution in [1.29, 1.82) is 0 Å². The molecule has 1 heterocycles. The maximum atomic E-state index is 12.2. The highest BCUT2D eigenvalue weighted by Crippen LogP contribution is 2.38. The Bertz CT molecular complexity index is 388. The van der Waals surface area contributed by atoms with E-state index in [1.807, 2.05) is 0 Å². The Morgan fingerprint density at radius 1 is 1.06 bits per heavy atom. The highest BCUT2D eigenvalue weighted by atomic mass is 79.9. The third-order valence-electron chi connectivity index (χ3n) is 2.14. The molecule has 0 saturated carbocycles. The molecule has 1 saturated heterocycles. The molecule has 0 aromatic carbocycles. The van der Waals surface area contributed by atoms with E-state index >= 15 is 0 Å². The molecule has 0 aliphatic carbocycles. The summed E-state index contributed by atoms with van der Waals surface area (Å²) in [5, 5.41) is 0. The molecule has 3 nitrogen and oxygen atoms in total. The van der Waals surface area contributed by atoms with Gasteiger partial charge in [-0.05, 0) is 0 Å². The van der Waals surface area contributed by atoms with Crippen molar-refractivity contribution in [3.05, 3.63) is 0 Å². The number of halogens is 7. The number of rotatable bonds is 2. The second-order valence-corrected chi connectivity index (χ2v) is 7.06. The van der Waals surface area contributed by atoms with E-state index in [1.54, 1.807) is 0 Å². The lowest BCUT2D eigenvalue weighted by atomic mass is 10.3. The minimum atomic E-state index is -5.64.